The van der Waals surface area contributed by atoms with E-state index in [0.717, 1.165) is 17.9 Å². The molecule has 0 spiro atoms. The van der Waals surface area contributed by atoms with E-state index in [-0.39, 0.29) is 0 Å². The van der Waals surface area contributed by atoms with Crippen LogP contribution in [0.1, 0.15) is 24.2 Å². The standard InChI is InChI=1S/C15H15Cl2NO2/c16-13-4-3-12(7-14(13)17)20-9-10-5-6-19-15(10)8-18-11-1-2-11/h3-7,11,18H,1-2,8-9H2. The van der Waals surface area contributed by atoms with Crippen molar-refractivity contribution in [3.8, 4) is 5.75 Å². The van der Waals surface area contributed by atoms with Crippen LogP contribution in [0.2, 0.25) is 10.0 Å². The lowest BCUT2D eigenvalue weighted by molar-refractivity contribution is 0.301. The summed E-state index contributed by atoms with van der Waals surface area (Å²) in [6.45, 7) is 1.20. The fourth-order valence-electron chi connectivity index (χ4n) is 1.90. The van der Waals surface area contributed by atoms with E-state index >= 15 is 0 Å². The van der Waals surface area contributed by atoms with Gasteiger partial charge in [0.2, 0.25) is 0 Å². The molecule has 1 aromatic heterocycles. The summed E-state index contributed by atoms with van der Waals surface area (Å²) in [6, 6.07) is 7.83. The molecule has 0 bridgehead atoms. The van der Waals surface area contributed by atoms with E-state index < -0.39 is 0 Å². The van der Waals surface area contributed by atoms with Crippen LogP contribution in [-0.4, -0.2) is 6.04 Å². The van der Waals surface area contributed by atoms with Crippen molar-refractivity contribution in [3.05, 3.63) is 51.9 Å². The third-order valence-electron chi connectivity index (χ3n) is 3.25. The first-order valence-corrected chi connectivity index (χ1v) is 7.34. The van der Waals surface area contributed by atoms with Gasteiger partial charge in [0.1, 0.15) is 18.1 Å². The van der Waals surface area contributed by atoms with Crippen LogP contribution in [0.4, 0.5) is 0 Å². The average molecular weight is 312 g/mol. The summed E-state index contributed by atoms with van der Waals surface area (Å²) in [4.78, 5) is 0. The van der Waals surface area contributed by atoms with E-state index in [2.05, 4.69) is 5.32 Å². The molecule has 0 amide bonds. The van der Waals surface area contributed by atoms with E-state index in [1.165, 1.54) is 12.8 Å². The lowest BCUT2D eigenvalue weighted by atomic mass is 10.2. The Labute approximate surface area is 127 Å². The van der Waals surface area contributed by atoms with Gasteiger partial charge in [-0.3, -0.25) is 0 Å². The Morgan fingerprint density at radius 1 is 1.20 bits per heavy atom. The van der Waals surface area contributed by atoms with E-state index in [4.69, 9.17) is 32.4 Å². The van der Waals surface area contributed by atoms with Crippen LogP contribution >= 0.6 is 23.2 Å². The molecule has 3 rings (SSSR count). The molecule has 106 valence electrons. The van der Waals surface area contributed by atoms with Crippen LogP contribution < -0.4 is 10.1 Å². The van der Waals surface area contributed by atoms with Gasteiger partial charge in [-0.15, -0.1) is 0 Å². The van der Waals surface area contributed by atoms with Gasteiger partial charge in [-0.2, -0.15) is 0 Å². The van der Waals surface area contributed by atoms with Gasteiger partial charge < -0.3 is 14.5 Å². The molecule has 1 aliphatic rings. The molecule has 1 fully saturated rings. The van der Waals surface area contributed by atoms with Crippen molar-refractivity contribution >= 4 is 23.2 Å². The average Bonchev–Trinajstić information content (AvgIpc) is 3.16. The fourth-order valence-corrected chi connectivity index (χ4v) is 2.19. The van der Waals surface area contributed by atoms with Crippen LogP contribution in [0.15, 0.2) is 34.9 Å². The summed E-state index contributed by atoms with van der Waals surface area (Å²) in [5.41, 5.74) is 1.05. The summed E-state index contributed by atoms with van der Waals surface area (Å²) < 4.78 is 11.2. The Hall–Kier alpha value is -1.16. The highest BCUT2D eigenvalue weighted by Gasteiger charge is 2.21. The summed E-state index contributed by atoms with van der Waals surface area (Å²) in [5.74, 6) is 1.62. The third kappa shape index (κ3) is 3.48. The van der Waals surface area contributed by atoms with Crippen molar-refractivity contribution in [2.75, 3.05) is 0 Å². The van der Waals surface area contributed by atoms with Crippen molar-refractivity contribution in [2.45, 2.75) is 32.0 Å². The Balaban J connectivity index is 1.59. The third-order valence-corrected chi connectivity index (χ3v) is 3.99. The highest BCUT2D eigenvalue weighted by Crippen LogP contribution is 2.27. The molecule has 3 nitrogen and oxygen atoms in total. The minimum absolute atomic E-state index is 0.455. The van der Waals surface area contributed by atoms with Crippen molar-refractivity contribution in [2.24, 2.45) is 0 Å². The second-order valence-electron chi connectivity index (χ2n) is 4.89. The second kappa shape index (κ2) is 6.08. The molecule has 0 radical (unpaired) electrons. The smallest absolute Gasteiger partial charge is 0.124 e. The normalized spacial score (nSPS) is 14.5. The minimum atomic E-state index is 0.455. The molecule has 0 atom stereocenters. The van der Waals surface area contributed by atoms with Gasteiger partial charge in [-0.25, -0.2) is 0 Å². The maximum atomic E-state index is 5.96. The molecule has 1 heterocycles. The van der Waals surface area contributed by atoms with Gasteiger partial charge in [-0.1, -0.05) is 23.2 Å². The monoisotopic (exact) mass is 311 g/mol. The number of nitrogens with one attached hydrogen (secondary N) is 1. The van der Waals surface area contributed by atoms with Crippen LogP contribution in [-0.2, 0) is 13.2 Å². The predicted molar refractivity (Wildman–Crippen MR) is 79.4 cm³/mol. The number of benzene rings is 1. The van der Waals surface area contributed by atoms with Crippen LogP contribution in [0, 0.1) is 0 Å². The number of hydrogen-bond donors (Lipinski definition) is 1. The fraction of sp³-hybridized carbons (Fsp3) is 0.333. The van der Waals surface area contributed by atoms with Gasteiger partial charge in [0.05, 0.1) is 22.9 Å². The Bertz CT molecular complexity index is 593. The van der Waals surface area contributed by atoms with E-state index in [1.807, 2.05) is 6.07 Å². The summed E-state index contributed by atoms with van der Waals surface area (Å²) in [6.07, 6.45) is 4.21. The molecule has 1 aliphatic carbocycles. The van der Waals surface area contributed by atoms with Gasteiger partial charge in [0, 0.05) is 17.7 Å². The lowest BCUT2D eigenvalue weighted by Crippen LogP contribution is -2.16. The highest BCUT2D eigenvalue weighted by atomic mass is 35.5. The number of ether oxygens (including phenoxy) is 1. The van der Waals surface area contributed by atoms with Crippen LogP contribution in [0.3, 0.4) is 0 Å². The Morgan fingerprint density at radius 2 is 2.05 bits per heavy atom. The molecule has 1 N–H and O–H groups in total. The summed E-state index contributed by atoms with van der Waals surface area (Å²) >= 11 is 11.8. The minimum Gasteiger partial charge on any atom is -0.489 e. The van der Waals surface area contributed by atoms with Crippen molar-refractivity contribution in [1.29, 1.82) is 0 Å². The molecule has 0 unspecified atom stereocenters. The van der Waals surface area contributed by atoms with E-state index in [9.17, 15) is 0 Å². The van der Waals surface area contributed by atoms with Crippen LogP contribution in [0.5, 0.6) is 5.75 Å². The van der Waals surface area contributed by atoms with Crippen molar-refractivity contribution in [3.63, 3.8) is 0 Å². The second-order valence-corrected chi connectivity index (χ2v) is 5.70. The van der Waals surface area contributed by atoms with Gasteiger partial charge in [0.25, 0.3) is 0 Å². The first-order valence-electron chi connectivity index (χ1n) is 6.59. The summed E-state index contributed by atoms with van der Waals surface area (Å²) in [7, 11) is 0. The maximum Gasteiger partial charge on any atom is 0.124 e. The molecule has 1 saturated carbocycles. The number of halogens is 2. The molecule has 0 saturated heterocycles. The summed E-state index contributed by atoms with van der Waals surface area (Å²) in [5, 5.41) is 4.44. The predicted octanol–water partition coefficient (Wildman–Crippen LogP) is 4.42. The molecular formula is C15H15Cl2NO2. The van der Waals surface area contributed by atoms with Gasteiger partial charge >= 0.3 is 0 Å². The lowest BCUT2D eigenvalue weighted by Gasteiger charge is -2.08. The first kappa shape index (κ1) is 13.8. The largest absolute Gasteiger partial charge is 0.489 e. The van der Waals surface area contributed by atoms with Crippen LogP contribution in [0.25, 0.3) is 0 Å². The number of hydrogen-bond acceptors (Lipinski definition) is 3. The first-order chi connectivity index (χ1) is 9.72. The number of rotatable bonds is 6. The van der Waals surface area contributed by atoms with E-state index in [0.29, 0.717) is 28.4 Å². The topological polar surface area (TPSA) is 34.4 Å². The Morgan fingerprint density at radius 3 is 2.80 bits per heavy atom. The molecular weight excluding hydrogens is 297 g/mol. The zero-order valence-electron chi connectivity index (χ0n) is 10.9. The van der Waals surface area contributed by atoms with Crippen molar-refractivity contribution < 1.29 is 9.15 Å². The van der Waals surface area contributed by atoms with Gasteiger partial charge in [-0.05, 0) is 31.0 Å². The quantitative estimate of drug-likeness (QED) is 0.857. The number of furan rings is 1. The highest BCUT2D eigenvalue weighted by molar-refractivity contribution is 6.42. The molecule has 2 aromatic rings. The zero-order valence-corrected chi connectivity index (χ0v) is 12.4. The zero-order chi connectivity index (χ0) is 13.9. The van der Waals surface area contributed by atoms with Crippen molar-refractivity contribution in [1.82, 2.24) is 5.32 Å². The maximum absolute atomic E-state index is 5.96. The Kier molecular flexibility index (Phi) is 4.20. The van der Waals surface area contributed by atoms with E-state index in [1.54, 1.807) is 24.5 Å². The molecule has 1 aromatic carbocycles. The molecule has 5 heteroatoms. The van der Waals surface area contributed by atoms with Gasteiger partial charge in [0.15, 0.2) is 0 Å². The SMILES string of the molecule is Clc1ccc(OCc2ccoc2CNC2CC2)cc1Cl. The molecule has 0 aliphatic heterocycles. The molecule has 20 heavy (non-hydrogen) atoms.